The van der Waals surface area contributed by atoms with Crippen LogP contribution in [0.25, 0.3) is 5.69 Å². The van der Waals surface area contributed by atoms with Gasteiger partial charge in [0.05, 0.1) is 18.0 Å². The average Bonchev–Trinajstić information content (AvgIpc) is 3.11. The van der Waals surface area contributed by atoms with E-state index in [1.54, 1.807) is 23.9 Å². The highest BCUT2D eigenvalue weighted by Crippen LogP contribution is 2.27. The first-order valence-corrected chi connectivity index (χ1v) is 10.2. The van der Waals surface area contributed by atoms with Gasteiger partial charge < -0.3 is 10.1 Å². The Kier molecular flexibility index (Phi) is 6.52. The van der Waals surface area contributed by atoms with Crippen molar-refractivity contribution in [2.75, 3.05) is 26.8 Å². The highest BCUT2D eigenvalue weighted by atomic mass is 19.1. The van der Waals surface area contributed by atoms with Crippen molar-refractivity contribution < 1.29 is 13.5 Å². The predicted molar refractivity (Wildman–Crippen MR) is 111 cm³/mol. The van der Waals surface area contributed by atoms with Crippen LogP contribution < -0.4 is 5.32 Å². The van der Waals surface area contributed by atoms with E-state index in [1.807, 2.05) is 18.2 Å². The highest BCUT2D eigenvalue weighted by Gasteiger charge is 2.26. The molecule has 2 heterocycles. The fraction of sp³-hybridized carbons (Fsp3) is 0.348. The molecule has 0 amide bonds. The maximum absolute atomic E-state index is 14.5. The molecule has 3 aromatic rings. The smallest absolute Gasteiger partial charge is 0.148 e. The summed E-state index contributed by atoms with van der Waals surface area (Å²) >= 11 is 0. The van der Waals surface area contributed by atoms with Crippen molar-refractivity contribution >= 4 is 0 Å². The van der Waals surface area contributed by atoms with E-state index in [9.17, 15) is 8.78 Å². The summed E-state index contributed by atoms with van der Waals surface area (Å²) in [5, 5.41) is 8.12. The van der Waals surface area contributed by atoms with Gasteiger partial charge in [0, 0.05) is 51.8 Å². The number of halogens is 2. The molecular weight excluding hydrogens is 386 g/mol. The van der Waals surface area contributed by atoms with Crippen molar-refractivity contribution in [3.63, 3.8) is 0 Å². The van der Waals surface area contributed by atoms with E-state index in [0.717, 1.165) is 55.1 Å². The van der Waals surface area contributed by atoms with Crippen LogP contribution in [-0.4, -0.2) is 41.5 Å². The lowest BCUT2D eigenvalue weighted by Gasteiger charge is -2.28. The van der Waals surface area contributed by atoms with Gasteiger partial charge in [-0.25, -0.2) is 13.5 Å². The lowest BCUT2D eigenvalue weighted by atomic mass is 10.0. The van der Waals surface area contributed by atoms with Crippen molar-refractivity contribution in [2.24, 2.45) is 0 Å². The Labute approximate surface area is 175 Å². The van der Waals surface area contributed by atoms with Crippen molar-refractivity contribution in [1.82, 2.24) is 20.0 Å². The van der Waals surface area contributed by atoms with Gasteiger partial charge in [-0.1, -0.05) is 24.3 Å². The second-order valence-corrected chi connectivity index (χ2v) is 7.49. The Balaban J connectivity index is 1.59. The largest absolute Gasteiger partial charge is 0.383 e. The van der Waals surface area contributed by atoms with Crippen molar-refractivity contribution in [1.29, 1.82) is 0 Å². The van der Waals surface area contributed by atoms with E-state index in [2.05, 4.69) is 10.2 Å². The van der Waals surface area contributed by atoms with Crippen LogP contribution in [0.5, 0.6) is 0 Å². The second kappa shape index (κ2) is 9.47. The van der Waals surface area contributed by atoms with Crippen LogP contribution in [0.15, 0.2) is 48.5 Å². The van der Waals surface area contributed by atoms with Crippen LogP contribution in [0.4, 0.5) is 8.78 Å². The molecule has 7 heteroatoms. The maximum Gasteiger partial charge on any atom is 0.148 e. The molecule has 158 valence electrons. The van der Waals surface area contributed by atoms with E-state index in [0.29, 0.717) is 18.8 Å². The Morgan fingerprint density at radius 3 is 2.67 bits per heavy atom. The minimum Gasteiger partial charge on any atom is -0.383 e. The number of rotatable bonds is 8. The molecule has 0 spiro atoms. The summed E-state index contributed by atoms with van der Waals surface area (Å²) in [5.41, 5.74) is 4.66. The molecule has 1 aliphatic heterocycles. The number of aromatic nitrogens is 2. The lowest BCUT2D eigenvalue weighted by Crippen LogP contribution is -2.31. The van der Waals surface area contributed by atoms with Gasteiger partial charge in [-0.15, -0.1) is 0 Å². The standard InChI is InChI=1S/C23H26F2N4O/c1-30-13-11-26-14-21-19-16-28(15-17-6-8-18(24)9-7-17)12-10-22(19)29(27-21)23-5-3-2-4-20(23)25/h2-9,26H,10-16H2,1H3. The summed E-state index contributed by atoms with van der Waals surface area (Å²) in [6, 6.07) is 13.4. The molecule has 0 bridgehead atoms. The zero-order valence-electron chi connectivity index (χ0n) is 17.1. The summed E-state index contributed by atoms with van der Waals surface area (Å²) in [5.74, 6) is -0.509. The number of hydrogen-bond donors (Lipinski definition) is 1. The zero-order valence-corrected chi connectivity index (χ0v) is 17.1. The van der Waals surface area contributed by atoms with Gasteiger partial charge in [0.15, 0.2) is 0 Å². The summed E-state index contributed by atoms with van der Waals surface area (Å²) in [4.78, 5) is 2.32. The molecule has 1 aliphatic rings. The molecule has 2 aromatic carbocycles. The minimum atomic E-state index is -0.282. The number of methoxy groups -OCH3 is 1. The van der Waals surface area contributed by atoms with Crippen LogP contribution >= 0.6 is 0 Å². The third kappa shape index (κ3) is 4.59. The summed E-state index contributed by atoms with van der Waals surface area (Å²) < 4.78 is 34.5. The van der Waals surface area contributed by atoms with E-state index in [1.165, 1.54) is 18.2 Å². The highest BCUT2D eigenvalue weighted by molar-refractivity contribution is 5.40. The average molecular weight is 412 g/mol. The fourth-order valence-corrected chi connectivity index (χ4v) is 3.87. The first-order valence-electron chi connectivity index (χ1n) is 10.2. The quantitative estimate of drug-likeness (QED) is 0.576. The van der Waals surface area contributed by atoms with Gasteiger partial charge in [-0.05, 0) is 29.8 Å². The first-order chi connectivity index (χ1) is 14.7. The molecular formula is C23H26F2N4O. The fourth-order valence-electron chi connectivity index (χ4n) is 3.87. The molecule has 0 saturated heterocycles. The van der Waals surface area contributed by atoms with E-state index >= 15 is 0 Å². The Bertz CT molecular complexity index is 987. The maximum atomic E-state index is 14.5. The number of nitrogens with zero attached hydrogens (tertiary/aromatic N) is 3. The number of ether oxygens (including phenoxy) is 1. The molecule has 0 saturated carbocycles. The Morgan fingerprint density at radius 2 is 1.90 bits per heavy atom. The summed E-state index contributed by atoms with van der Waals surface area (Å²) in [6.07, 6.45) is 0.774. The molecule has 5 nitrogen and oxygen atoms in total. The molecule has 0 fully saturated rings. The van der Waals surface area contributed by atoms with E-state index < -0.39 is 0 Å². The van der Waals surface area contributed by atoms with Crippen LogP contribution in [0.2, 0.25) is 0 Å². The topological polar surface area (TPSA) is 42.3 Å². The number of hydrogen-bond acceptors (Lipinski definition) is 4. The van der Waals surface area contributed by atoms with Crippen LogP contribution in [0, 0.1) is 11.6 Å². The van der Waals surface area contributed by atoms with Gasteiger partial charge in [0.1, 0.15) is 17.3 Å². The van der Waals surface area contributed by atoms with E-state index in [-0.39, 0.29) is 11.6 Å². The predicted octanol–water partition coefficient (Wildman–Crippen LogP) is 3.44. The second-order valence-electron chi connectivity index (χ2n) is 7.49. The molecule has 1 aromatic heterocycles. The van der Waals surface area contributed by atoms with Crippen LogP contribution in [-0.2, 0) is 30.8 Å². The number of para-hydroxylation sites is 1. The Hall–Kier alpha value is -2.61. The number of nitrogens with one attached hydrogen (secondary N) is 1. The summed E-state index contributed by atoms with van der Waals surface area (Å²) in [6.45, 7) is 4.23. The van der Waals surface area contributed by atoms with E-state index in [4.69, 9.17) is 9.84 Å². The third-order valence-electron chi connectivity index (χ3n) is 5.40. The van der Waals surface area contributed by atoms with Crippen molar-refractivity contribution in [3.05, 3.63) is 82.7 Å². The molecule has 4 rings (SSSR count). The van der Waals surface area contributed by atoms with Gasteiger partial charge >= 0.3 is 0 Å². The van der Waals surface area contributed by atoms with Gasteiger partial charge in [-0.2, -0.15) is 5.10 Å². The first kappa shape index (κ1) is 20.7. The van der Waals surface area contributed by atoms with Crippen LogP contribution in [0.3, 0.4) is 0 Å². The van der Waals surface area contributed by atoms with Gasteiger partial charge in [0.25, 0.3) is 0 Å². The molecule has 30 heavy (non-hydrogen) atoms. The SMILES string of the molecule is COCCNCc1nn(-c2ccccc2F)c2c1CN(Cc1ccc(F)cc1)CC2. The minimum absolute atomic E-state index is 0.227. The molecule has 0 unspecified atom stereocenters. The van der Waals surface area contributed by atoms with Crippen molar-refractivity contribution in [3.8, 4) is 5.69 Å². The lowest BCUT2D eigenvalue weighted by molar-refractivity contribution is 0.199. The summed E-state index contributed by atoms with van der Waals surface area (Å²) in [7, 11) is 1.67. The molecule has 1 N–H and O–H groups in total. The van der Waals surface area contributed by atoms with Gasteiger partial charge in [0.2, 0.25) is 0 Å². The normalized spacial score (nSPS) is 14.1. The molecule has 0 aliphatic carbocycles. The monoisotopic (exact) mass is 412 g/mol. The third-order valence-corrected chi connectivity index (χ3v) is 5.40. The van der Waals surface area contributed by atoms with Gasteiger partial charge in [-0.3, -0.25) is 4.90 Å². The zero-order chi connectivity index (χ0) is 20.9. The Morgan fingerprint density at radius 1 is 1.10 bits per heavy atom. The van der Waals surface area contributed by atoms with Crippen LogP contribution in [0.1, 0.15) is 22.5 Å². The molecule has 0 atom stereocenters. The van der Waals surface area contributed by atoms with Crippen molar-refractivity contribution in [2.45, 2.75) is 26.1 Å². The number of fused-ring (bicyclic) bond motifs is 1. The molecule has 0 radical (unpaired) electrons. The number of benzene rings is 2.